The van der Waals surface area contributed by atoms with Crippen molar-refractivity contribution in [2.75, 3.05) is 13.2 Å². The summed E-state index contributed by atoms with van der Waals surface area (Å²) in [5, 5.41) is 0. The average Bonchev–Trinajstić information content (AvgIpc) is 3.51. The third-order valence-corrected chi connectivity index (χ3v) is 4.20. The van der Waals surface area contributed by atoms with Crippen LogP contribution in [0.1, 0.15) is 16.7 Å². The van der Waals surface area contributed by atoms with E-state index >= 15 is 0 Å². The lowest BCUT2D eigenvalue weighted by atomic mass is 9.96. The van der Waals surface area contributed by atoms with E-state index in [1.165, 1.54) is 16.7 Å². The molecule has 1 aliphatic heterocycles. The molecule has 0 radical (unpaired) electrons. The zero-order valence-electron chi connectivity index (χ0n) is 14.0. The monoisotopic (exact) mass is 328 g/mol. The fraction of sp³-hybridized carbons (Fsp3) is 0.130. The zero-order valence-corrected chi connectivity index (χ0v) is 14.0. The molecule has 2 nitrogen and oxygen atoms in total. The van der Waals surface area contributed by atoms with Crippen molar-refractivity contribution < 1.29 is 9.47 Å². The van der Waals surface area contributed by atoms with Gasteiger partial charge in [-0.3, -0.25) is 0 Å². The molecule has 2 heteroatoms. The predicted octanol–water partition coefficient (Wildman–Crippen LogP) is 5.05. The van der Waals surface area contributed by atoms with Gasteiger partial charge in [-0.1, -0.05) is 72.8 Å². The maximum atomic E-state index is 5.71. The molecule has 1 atom stereocenters. The van der Waals surface area contributed by atoms with Crippen LogP contribution in [0, 0.1) is 0 Å². The Morgan fingerprint density at radius 2 is 1.40 bits per heavy atom. The molecule has 0 saturated carbocycles. The molecule has 0 bridgehead atoms. The first-order chi connectivity index (χ1) is 12.4. The van der Waals surface area contributed by atoms with Gasteiger partial charge in [-0.05, 0) is 40.5 Å². The molecule has 124 valence electrons. The van der Waals surface area contributed by atoms with Crippen LogP contribution in [0.4, 0.5) is 0 Å². The van der Waals surface area contributed by atoms with Gasteiger partial charge in [-0.15, -0.1) is 0 Å². The second-order valence-electron chi connectivity index (χ2n) is 6.13. The second-order valence-corrected chi connectivity index (χ2v) is 6.13. The van der Waals surface area contributed by atoms with Gasteiger partial charge in [0.15, 0.2) is 0 Å². The first-order valence-corrected chi connectivity index (χ1v) is 8.55. The summed E-state index contributed by atoms with van der Waals surface area (Å²) in [6.07, 6.45) is 2.50. The van der Waals surface area contributed by atoms with Crippen LogP contribution in [-0.4, -0.2) is 19.3 Å². The van der Waals surface area contributed by atoms with Crippen LogP contribution >= 0.6 is 0 Å². The maximum absolute atomic E-state index is 5.71. The number of hydrogen-bond donors (Lipinski definition) is 0. The molecule has 0 aromatic heterocycles. The van der Waals surface area contributed by atoms with Crippen molar-refractivity contribution in [2.45, 2.75) is 6.10 Å². The lowest BCUT2D eigenvalue weighted by Crippen LogP contribution is -2.03. The van der Waals surface area contributed by atoms with Gasteiger partial charge in [-0.2, -0.15) is 0 Å². The SMILES string of the molecule is C(=C(c1ccccc1)c1ccccc1)c1ccc(OCC2CO2)cc1. The van der Waals surface area contributed by atoms with E-state index in [0.717, 1.165) is 17.9 Å². The highest BCUT2D eigenvalue weighted by atomic mass is 16.6. The fourth-order valence-electron chi connectivity index (χ4n) is 2.75. The molecule has 1 unspecified atom stereocenters. The van der Waals surface area contributed by atoms with Gasteiger partial charge in [0, 0.05) is 0 Å². The first-order valence-electron chi connectivity index (χ1n) is 8.55. The van der Waals surface area contributed by atoms with E-state index in [1.807, 2.05) is 24.3 Å². The lowest BCUT2D eigenvalue weighted by molar-refractivity contribution is 0.263. The molecule has 0 aliphatic carbocycles. The molecule has 1 heterocycles. The molecule has 0 spiro atoms. The third kappa shape index (κ3) is 4.17. The molecule has 0 N–H and O–H groups in total. The van der Waals surface area contributed by atoms with E-state index in [1.54, 1.807) is 0 Å². The molecule has 4 rings (SSSR count). The van der Waals surface area contributed by atoms with E-state index in [4.69, 9.17) is 9.47 Å². The Morgan fingerprint density at radius 3 is 1.92 bits per heavy atom. The maximum Gasteiger partial charge on any atom is 0.119 e. The topological polar surface area (TPSA) is 21.8 Å². The van der Waals surface area contributed by atoms with E-state index in [2.05, 4.69) is 66.7 Å². The van der Waals surface area contributed by atoms with Crippen molar-refractivity contribution in [1.29, 1.82) is 0 Å². The highest BCUT2D eigenvalue weighted by molar-refractivity contribution is 5.91. The van der Waals surface area contributed by atoms with Gasteiger partial charge in [0.25, 0.3) is 0 Å². The quantitative estimate of drug-likeness (QED) is 0.466. The lowest BCUT2D eigenvalue weighted by Gasteiger charge is -2.09. The Kier molecular flexibility index (Phi) is 4.62. The van der Waals surface area contributed by atoms with Gasteiger partial charge >= 0.3 is 0 Å². The van der Waals surface area contributed by atoms with Crippen LogP contribution < -0.4 is 4.74 Å². The van der Waals surface area contributed by atoms with Gasteiger partial charge in [0.05, 0.1) is 6.61 Å². The van der Waals surface area contributed by atoms with Crippen molar-refractivity contribution in [2.24, 2.45) is 0 Å². The average molecular weight is 328 g/mol. The number of rotatable bonds is 6. The van der Waals surface area contributed by atoms with Crippen molar-refractivity contribution in [1.82, 2.24) is 0 Å². The van der Waals surface area contributed by atoms with Crippen molar-refractivity contribution in [3.63, 3.8) is 0 Å². The Hall–Kier alpha value is -2.84. The van der Waals surface area contributed by atoms with Crippen molar-refractivity contribution in [3.8, 4) is 5.75 Å². The van der Waals surface area contributed by atoms with E-state index in [9.17, 15) is 0 Å². The normalized spacial score (nSPS) is 15.4. The molecular formula is C23H20O2. The minimum Gasteiger partial charge on any atom is -0.491 e. The van der Waals surface area contributed by atoms with Crippen molar-refractivity contribution >= 4 is 11.6 Å². The number of ether oxygens (including phenoxy) is 2. The Bertz CT molecular complexity index is 791. The van der Waals surface area contributed by atoms with Crippen LogP contribution in [0.25, 0.3) is 11.6 Å². The second kappa shape index (κ2) is 7.37. The number of epoxide rings is 1. The van der Waals surface area contributed by atoms with E-state index in [0.29, 0.717) is 6.61 Å². The Balaban J connectivity index is 1.62. The molecule has 3 aromatic rings. The summed E-state index contributed by atoms with van der Waals surface area (Å²) in [7, 11) is 0. The highest BCUT2D eigenvalue weighted by Gasteiger charge is 2.22. The smallest absolute Gasteiger partial charge is 0.119 e. The molecule has 1 saturated heterocycles. The van der Waals surface area contributed by atoms with Crippen molar-refractivity contribution in [3.05, 3.63) is 102 Å². The molecule has 0 amide bonds. The molecule has 25 heavy (non-hydrogen) atoms. The first kappa shape index (κ1) is 15.7. The Labute approximate surface area is 148 Å². The fourth-order valence-corrected chi connectivity index (χ4v) is 2.75. The van der Waals surface area contributed by atoms with Gasteiger partial charge in [0.2, 0.25) is 0 Å². The van der Waals surface area contributed by atoms with Crippen LogP contribution in [0.5, 0.6) is 5.75 Å². The number of hydrogen-bond acceptors (Lipinski definition) is 2. The van der Waals surface area contributed by atoms with E-state index in [-0.39, 0.29) is 6.10 Å². The van der Waals surface area contributed by atoms with Crippen LogP contribution in [0.2, 0.25) is 0 Å². The van der Waals surface area contributed by atoms with Crippen LogP contribution in [0.15, 0.2) is 84.9 Å². The third-order valence-electron chi connectivity index (χ3n) is 4.20. The van der Waals surface area contributed by atoms with Crippen LogP contribution in [-0.2, 0) is 4.74 Å². The molecular weight excluding hydrogens is 308 g/mol. The molecule has 3 aromatic carbocycles. The Morgan fingerprint density at radius 1 is 0.840 bits per heavy atom. The highest BCUT2D eigenvalue weighted by Crippen LogP contribution is 2.26. The van der Waals surface area contributed by atoms with Gasteiger partial charge in [0.1, 0.15) is 18.5 Å². The summed E-state index contributed by atoms with van der Waals surface area (Å²) in [5.74, 6) is 0.883. The minimum atomic E-state index is 0.280. The summed E-state index contributed by atoms with van der Waals surface area (Å²) < 4.78 is 10.9. The molecule has 1 aliphatic rings. The van der Waals surface area contributed by atoms with Crippen LogP contribution in [0.3, 0.4) is 0 Å². The summed E-state index contributed by atoms with van der Waals surface area (Å²) in [4.78, 5) is 0. The summed E-state index contributed by atoms with van der Waals surface area (Å²) in [5.41, 5.74) is 4.78. The largest absolute Gasteiger partial charge is 0.491 e. The zero-order chi connectivity index (χ0) is 16.9. The summed E-state index contributed by atoms with van der Waals surface area (Å²) in [6.45, 7) is 1.45. The number of benzene rings is 3. The minimum absolute atomic E-state index is 0.280. The van der Waals surface area contributed by atoms with Gasteiger partial charge < -0.3 is 9.47 Å². The van der Waals surface area contributed by atoms with E-state index < -0.39 is 0 Å². The summed E-state index contributed by atoms with van der Waals surface area (Å²) in [6, 6.07) is 29.2. The van der Waals surface area contributed by atoms with Gasteiger partial charge in [-0.25, -0.2) is 0 Å². The molecule has 1 fully saturated rings. The predicted molar refractivity (Wildman–Crippen MR) is 102 cm³/mol. The summed E-state index contributed by atoms with van der Waals surface area (Å²) >= 11 is 0. The standard InChI is InChI=1S/C23H20O2/c1-3-7-19(8-4-1)23(20-9-5-2-6-10-20)15-18-11-13-21(14-12-18)24-16-22-17-25-22/h1-15,22H,16-17H2.